The molecule has 2 aromatic rings. The minimum absolute atomic E-state index is 0.0221. The third kappa shape index (κ3) is 3.93. The van der Waals surface area contributed by atoms with Gasteiger partial charge in [0.25, 0.3) is 0 Å². The molecule has 1 saturated heterocycles. The fraction of sp³-hybridized carbons (Fsp3) is 0.381. The van der Waals surface area contributed by atoms with Crippen LogP contribution in [0.3, 0.4) is 0 Å². The van der Waals surface area contributed by atoms with Crippen LogP contribution in [0.4, 0.5) is 5.69 Å². The van der Waals surface area contributed by atoms with Crippen molar-refractivity contribution in [3.8, 4) is 5.75 Å². The minimum atomic E-state index is -0.0221. The van der Waals surface area contributed by atoms with Crippen LogP contribution in [0.1, 0.15) is 18.4 Å². The second kappa shape index (κ2) is 8.09. The van der Waals surface area contributed by atoms with Gasteiger partial charge in [0.05, 0.1) is 18.2 Å². The second-order valence-corrected chi connectivity index (χ2v) is 7.89. The van der Waals surface area contributed by atoms with Gasteiger partial charge in [-0.15, -0.1) is 0 Å². The highest BCUT2D eigenvalue weighted by Crippen LogP contribution is 2.34. The molecular weight excluding hydrogens is 383 g/mol. The van der Waals surface area contributed by atoms with E-state index in [1.807, 2.05) is 47.4 Å². The van der Waals surface area contributed by atoms with Crippen LogP contribution in [0.2, 0.25) is 10.0 Å². The summed E-state index contributed by atoms with van der Waals surface area (Å²) in [5.41, 5.74) is 1.81. The number of anilines is 1. The fourth-order valence-electron chi connectivity index (χ4n) is 3.93. The summed E-state index contributed by atoms with van der Waals surface area (Å²) in [5.74, 6) is 0.944. The molecule has 0 aromatic heterocycles. The third-order valence-corrected chi connectivity index (χ3v) is 6.00. The summed E-state index contributed by atoms with van der Waals surface area (Å²) < 4.78 is 5.68. The van der Waals surface area contributed by atoms with Crippen molar-refractivity contribution < 1.29 is 9.53 Å². The van der Waals surface area contributed by atoms with Gasteiger partial charge in [0.1, 0.15) is 12.4 Å². The molecule has 0 bridgehead atoms. The summed E-state index contributed by atoms with van der Waals surface area (Å²) in [6.45, 7) is 3.48. The van der Waals surface area contributed by atoms with Crippen LogP contribution in [0, 0.1) is 5.92 Å². The number of hydrogen-bond acceptors (Lipinski definition) is 3. The molecule has 6 heteroatoms. The quantitative estimate of drug-likeness (QED) is 0.747. The molecule has 0 radical (unpaired) electrons. The molecular formula is C21H22Cl2N2O2. The zero-order chi connectivity index (χ0) is 18.8. The number of carbonyl (C=O) groups excluding carboxylic acids is 1. The molecule has 4 nitrogen and oxygen atoms in total. The average molecular weight is 405 g/mol. The molecule has 0 saturated carbocycles. The molecule has 2 aliphatic rings. The molecule has 0 spiro atoms. The van der Waals surface area contributed by atoms with E-state index in [0.29, 0.717) is 29.7 Å². The van der Waals surface area contributed by atoms with Crippen LogP contribution in [-0.2, 0) is 11.3 Å². The van der Waals surface area contributed by atoms with Crippen LogP contribution in [-0.4, -0.2) is 37.0 Å². The summed E-state index contributed by atoms with van der Waals surface area (Å²) in [6, 6.07) is 13.3. The van der Waals surface area contributed by atoms with Crippen molar-refractivity contribution in [3.05, 3.63) is 58.1 Å². The lowest BCUT2D eigenvalue weighted by atomic mass is 9.95. The van der Waals surface area contributed by atoms with E-state index in [2.05, 4.69) is 4.90 Å². The maximum Gasteiger partial charge on any atom is 0.231 e. The molecule has 1 fully saturated rings. The zero-order valence-electron chi connectivity index (χ0n) is 15.0. The van der Waals surface area contributed by atoms with E-state index in [9.17, 15) is 4.79 Å². The Kier molecular flexibility index (Phi) is 5.58. The monoisotopic (exact) mass is 404 g/mol. The molecule has 27 heavy (non-hydrogen) atoms. The Morgan fingerprint density at radius 2 is 1.85 bits per heavy atom. The summed E-state index contributed by atoms with van der Waals surface area (Å²) in [4.78, 5) is 17.4. The van der Waals surface area contributed by atoms with E-state index in [1.165, 1.54) is 0 Å². The van der Waals surface area contributed by atoms with Gasteiger partial charge < -0.3 is 9.64 Å². The Hall–Kier alpha value is -1.75. The highest BCUT2D eigenvalue weighted by molar-refractivity contribution is 6.35. The molecule has 142 valence electrons. The number of carbonyl (C=O) groups is 1. The van der Waals surface area contributed by atoms with Crippen molar-refractivity contribution in [1.29, 1.82) is 0 Å². The maximum absolute atomic E-state index is 13.2. The van der Waals surface area contributed by atoms with E-state index >= 15 is 0 Å². The number of likely N-dealkylation sites (tertiary alicyclic amines) is 1. The number of rotatable bonds is 3. The summed E-state index contributed by atoms with van der Waals surface area (Å²) >= 11 is 12.7. The first-order chi connectivity index (χ1) is 13.1. The SMILES string of the molecule is O=C([C@@H]1CCCN(Cc2c(Cl)cccc2Cl)C1)N1CCOc2ccccc21. The lowest BCUT2D eigenvalue weighted by Gasteiger charge is -2.37. The molecule has 0 aliphatic carbocycles. The number of amides is 1. The zero-order valence-corrected chi connectivity index (χ0v) is 16.5. The van der Waals surface area contributed by atoms with Crippen molar-refractivity contribution >= 4 is 34.8 Å². The molecule has 2 aromatic carbocycles. The molecule has 1 atom stereocenters. The number of piperidine rings is 1. The fourth-order valence-corrected chi connectivity index (χ4v) is 4.44. The first kappa shape index (κ1) is 18.6. The summed E-state index contributed by atoms with van der Waals surface area (Å²) in [5, 5.41) is 1.36. The number of hydrogen-bond donors (Lipinski definition) is 0. The second-order valence-electron chi connectivity index (χ2n) is 7.08. The van der Waals surface area contributed by atoms with E-state index in [0.717, 1.165) is 42.9 Å². The summed E-state index contributed by atoms with van der Waals surface area (Å²) in [7, 11) is 0. The van der Waals surface area contributed by atoms with E-state index in [4.69, 9.17) is 27.9 Å². The first-order valence-electron chi connectivity index (χ1n) is 9.32. The van der Waals surface area contributed by atoms with E-state index in [1.54, 1.807) is 0 Å². The van der Waals surface area contributed by atoms with Gasteiger partial charge >= 0.3 is 0 Å². The van der Waals surface area contributed by atoms with Gasteiger partial charge in [-0.2, -0.15) is 0 Å². The number of halogens is 2. The van der Waals surface area contributed by atoms with Crippen LogP contribution in [0.25, 0.3) is 0 Å². The molecule has 0 unspecified atom stereocenters. The molecule has 1 amide bonds. The first-order valence-corrected chi connectivity index (χ1v) is 10.1. The number of ether oxygens (including phenoxy) is 1. The van der Waals surface area contributed by atoms with Crippen molar-refractivity contribution in [3.63, 3.8) is 0 Å². The molecule has 2 aliphatic heterocycles. The van der Waals surface area contributed by atoms with Gasteiger partial charge in [0.15, 0.2) is 0 Å². The minimum Gasteiger partial charge on any atom is -0.490 e. The van der Waals surface area contributed by atoms with Gasteiger partial charge in [-0.05, 0) is 43.7 Å². The van der Waals surface area contributed by atoms with Crippen molar-refractivity contribution in [2.45, 2.75) is 19.4 Å². The smallest absolute Gasteiger partial charge is 0.231 e. The lowest BCUT2D eigenvalue weighted by Crippen LogP contribution is -2.47. The highest BCUT2D eigenvalue weighted by Gasteiger charge is 2.32. The number of para-hydroxylation sites is 2. The van der Waals surface area contributed by atoms with Crippen molar-refractivity contribution in [1.82, 2.24) is 4.90 Å². The van der Waals surface area contributed by atoms with Gasteiger partial charge in [0.2, 0.25) is 5.91 Å². The van der Waals surface area contributed by atoms with Crippen LogP contribution >= 0.6 is 23.2 Å². The number of benzene rings is 2. The maximum atomic E-state index is 13.2. The Morgan fingerprint density at radius 1 is 1.07 bits per heavy atom. The van der Waals surface area contributed by atoms with E-state index in [-0.39, 0.29) is 11.8 Å². The molecule has 2 heterocycles. The van der Waals surface area contributed by atoms with Crippen molar-refractivity contribution in [2.75, 3.05) is 31.1 Å². The predicted molar refractivity (Wildman–Crippen MR) is 109 cm³/mol. The standard InChI is InChI=1S/C21H22Cl2N2O2/c22-17-6-3-7-18(23)16(17)14-24-10-4-5-15(13-24)21(26)25-11-12-27-20-9-2-1-8-19(20)25/h1-3,6-9,15H,4-5,10-14H2/t15-/m1/s1. The average Bonchev–Trinajstić information content (AvgIpc) is 2.70. The van der Waals surface area contributed by atoms with E-state index < -0.39 is 0 Å². The summed E-state index contributed by atoms with van der Waals surface area (Å²) in [6.07, 6.45) is 1.90. The van der Waals surface area contributed by atoms with Crippen LogP contribution < -0.4 is 9.64 Å². The normalized spacial score (nSPS) is 20.1. The van der Waals surface area contributed by atoms with Gasteiger partial charge in [-0.3, -0.25) is 9.69 Å². The van der Waals surface area contributed by atoms with Gasteiger partial charge in [0, 0.05) is 28.7 Å². The lowest BCUT2D eigenvalue weighted by molar-refractivity contribution is -0.124. The Bertz CT molecular complexity index is 822. The van der Waals surface area contributed by atoms with Crippen LogP contribution in [0.15, 0.2) is 42.5 Å². The largest absolute Gasteiger partial charge is 0.490 e. The Balaban J connectivity index is 1.48. The molecule has 4 rings (SSSR count). The molecule has 0 N–H and O–H groups in total. The van der Waals surface area contributed by atoms with Gasteiger partial charge in [-0.1, -0.05) is 41.4 Å². The Labute approximate surface area is 169 Å². The number of fused-ring (bicyclic) bond motifs is 1. The Morgan fingerprint density at radius 3 is 2.67 bits per heavy atom. The van der Waals surface area contributed by atoms with Crippen molar-refractivity contribution in [2.24, 2.45) is 5.92 Å². The predicted octanol–water partition coefficient (Wildman–Crippen LogP) is 4.63. The van der Waals surface area contributed by atoms with Gasteiger partial charge in [-0.25, -0.2) is 0 Å². The van der Waals surface area contributed by atoms with Crippen LogP contribution in [0.5, 0.6) is 5.75 Å². The third-order valence-electron chi connectivity index (χ3n) is 5.29. The highest BCUT2D eigenvalue weighted by atomic mass is 35.5. The topological polar surface area (TPSA) is 32.8 Å². The number of nitrogens with zero attached hydrogens (tertiary/aromatic N) is 2.